The van der Waals surface area contributed by atoms with Gasteiger partial charge in [-0.15, -0.1) is 0 Å². The summed E-state index contributed by atoms with van der Waals surface area (Å²) in [6.07, 6.45) is 5.93. The van der Waals surface area contributed by atoms with Gasteiger partial charge in [0.25, 0.3) is 0 Å². The van der Waals surface area contributed by atoms with Gasteiger partial charge >= 0.3 is 5.97 Å². The van der Waals surface area contributed by atoms with E-state index in [1.807, 2.05) is 41.9 Å². The van der Waals surface area contributed by atoms with Gasteiger partial charge in [-0.3, -0.25) is 9.69 Å². The second kappa shape index (κ2) is 5.63. The van der Waals surface area contributed by atoms with E-state index in [2.05, 4.69) is 9.88 Å². The van der Waals surface area contributed by atoms with Gasteiger partial charge in [-0.1, -0.05) is 6.07 Å². The molecule has 5 heteroatoms. The van der Waals surface area contributed by atoms with Crippen LogP contribution in [0.3, 0.4) is 0 Å². The average molecular weight is 273 g/mol. The van der Waals surface area contributed by atoms with E-state index in [1.165, 1.54) is 0 Å². The van der Waals surface area contributed by atoms with Crippen LogP contribution in [0.5, 0.6) is 0 Å². The van der Waals surface area contributed by atoms with Crippen LogP contribution in [-0.4, -0.2) is 39.4 Å². The van der Waals surface area contributed by atoms with E-state index < -0.39 is 0 Å². The van der Waals surface area contributed by atoms with E-state index >= 15 is 0 Å². The lowest BCUT2D eigenvalue weighted by molar-refractivity contribution is -0.148. The molecule has 1 aliphatic rings. The Labute approximate surface area is 118 Å². The maximum atomic E-state index is 11.9. The lowest BCUT2D eigenvalue weighted by atomic mass is 10.2. The third kappa shape index (κ3) is 2.54. The molecule has 5 nitrogen and oxygen atoms in total. The first-order chi connectivity index (χ1) is 9.78. The molecule has 2 aromatic rings. The van der Waals surface area contributed by atoms with Gasteiger partial charge in [0.2, 0.25) is 0 Å². The summed E-state index contributed by atoms with van der Waals surface area (Å²) >= 11 is 0. The highest BCUT2D eigenvalue weighted by atomic mass is 16.5. The molecule has 0 aliphatic carbocycles. The van der Waals surface area contributed by atoms with Crippen LogP contribution in [0.2, 0.25) is 0 Å². The Morgan fingerprint density at radius 3 is 3.20 bits per heavy atom. The lowest BCUT2D eigenvalue weighted by Gasteiger charge is -2.21. The van der Waals surface area contributed by atoms with E-state index in [-0.39, 0.29) is 12.0 Å². The van der Waals surface area contributed by atoms with Crippen LogP contribution in [0, 0.1) is 0 Å². The van der Waals surface area contributed by atoms with Gasteiger partial charge in [0, 0.05) is 18.9 Å². The van der Waals surface area contributed by atoms with Crippen molar-refractivity contribution < 1.29 is 9.53 Å². The number of hydrogen-bond donors (Lipinski definition) is 0. The summed E-state index contributed by atoms with van der Waals surface area (Å²) in [5, 5.41) is 0. The maximum Gasteiger partial charge on any atom is 0.323 e. The molecule has 20 heavy (non-hydrogen) atoms. The predicted molar refractivity (Wildman–Crippen MR) is 75.3 cm³/mol. The van der Waals surface area contributed by atoms with Gasteiger partial charge in [0.05, 0.1) is 12.3 Å². The number of fused-ring (bicyclic) bond motifs is 1. The van der Waals surface area contributed by atoms with Crippen LogP contribution < -0.4 is 0 Å². The highest BCUT2D eigenvalue weighted by Gasteiger charge is 2.32. The molecule has 0 saturated carbocycles. The monoisotopic (exact) mass is 273 g/mol. The Kier molecular flexibility index (Phi) is 3.69. The molecule has 0 spiro atoms. The number of pyridine rings is 1. The lowest BCUT2D eigenvalue weighted by Crippen LogP contribution is -2.36. The third-order valence-corrected chi connectivity index (χ3v) is 3.70. The summed E-state index contributed by atoms with van der Waals surface area (Å²) in [5.41, 5.74) is 1.93. The number of aromatic nitrogens is 2. The summed E-state index contributed by atoms with van der Waals surface area (Å²) in [7, 11) is 0. The Bertz CT molecular complexity index is 575. The topological polar surface area (TPSA) is 46.8 Å². The predicted octanol–water partition coefficient (Wildman–Crippen LogP) is 1.86. The van der Waals surface area contributed by atoms with Gasteiger partial charge in [0.1, 0.15) is 11.7 Å². The Hall–Kier alpha value is -1.88. The molecule has 3 rings (SSSR count). The van der Waals surface area contributed by atoms with Gasteiger partial charge in [-0.25, -0.2) is 4.98 Å². The van der Waals surface area contributed by atoms with Crippen molar-refractivity contribution in [2.24, 2.45) is 0 Å². The van der Waals surface area contributed by atoms with Crippen molar-refractivity contribution >= 4 is 11.6 Å². The molecule has 1 unspecified atom stereocenters. The zero-order chi connectivity index (χ0) is 13.9. The average Bonchev–Trinajstić information content (AvgIpc) is 3.05. The van der Waals surface area contributed by atoms with Crippen LogP contribution in [0.15, 0.2) is 30.6 Å². The minimum atomic E-state index is -0.111. The molecule has 1 fully saturated rings. The van der Waals surface area contributed by atoms with Crippen molar-refractivity contribution in [3.63, 3.8) is 0 Å². The first kappa shape index (κ1) is 13.1. The zero-order valence-corrected chi connectivity index (χ0v) is 11.7. The van der Waals surface area contributed by atoms with Gasteiger partial charge in [0.15, 0.2) is 0 Å². The molecule has 0 N–H and O–H groups in total. The molecule has 2 aromatic heterocycles. The minimum Gasteiger partial charge on any atom is -0.465 e. The van der Waals surface area contributed by atoms with E-state index in [1.54, 1.807) is 0 Å². The number of carbonyl (C=O) groups is 1. The van der Waals surface area contributed by atoms with Gasteiger partial charge in [-0.05, 0) is 38.4 Å². The SMILES string of the molecule is CCOC(=O)C1CCCN1Cc1cn2ccccc2n1. The smallest absolute Gasteiger partial charge is 0.323 e. The largest absolute Gasteiger partial charge is 0.465 e. The molecule has 1 saturated heterocycles. The zero-order valence-electron chi connectivity index (χ0n) is 11.7. The summed E-state index contributed by atoms with van der Waals surface area (Å²) in [5.74, 6) is -0.103. The van der Waals surface area contributed by atoms with Crippen LogP contribution >= 0.6 is 0 Å². The normalized spacial score (nSPS) is 19.6. The van der Waals surface area contributed by atoms with Crippen molar-refractivity contribution in [1.82, 2.24) is 14.3 Å². The molecule has 0 amide bonds. The second-order valence-corrected chi connectivity index (χ2v) is 5.08. The number of rotatable bonds is 4. The maximum absolute atomic E-state index is 11.9. The number of carbonyl (C=O) groups excluding carboxylic acids is 1. The number of hydrogen-bond acceptors (Lipinski definition) is 4. The van der Waals surface area contributed by atoms with E-state index in [9.17, 15) is 4.79 Å². The molecular formula is C15H19N3O2. The minimum absolute atomic E-state index is 0.103. The quantitative estimate of drug-likeness (QED) is 0.798. The Balaban J connectivity index is 1.74. The summed E-state index contributed by atoms with van der Waals surface area (Å²) in [4.78, 5) is 18.7. The fourth-order valence-corrected chi connectivity index (χ4v) is 2.79. The Morgan fingerprint density at radius 1 is 1.50 bits per heavy atom. The van der Waals surface area contributed by atoms with Gasteiger partial charge in [-0.2, -0.15) is 0 Å². The fraction of sp³-hybridized carbons (Fsp3) is 0.467. The molecule has 1 atom stereocenters. The van der Waals surface area contributed by atoms with Crippen LogP contribution in [0.4, 0.5) is 0 Å². The van der Waals surface area contributed by atoms with Crippen molar-refractivity contribution in [2.75, 3.05) is 13.2 Å². The first-order valence-electron chi connectivity index (χ1n) is 7.11. The molecule has 106 valence electrons. The van der Waals surface area contributed by atoms with Crippen molar-refractivity contribution in [1.29, 1.82) is 0 Å². The highest BCUT2D eigenvalue weighted by Crippen LogP contribution is 2.21. The summed E-state index contributed by atoms with van der Waals surface area (Å²) in [6.45, 7) is 3.92. The number of imidazole rings is 1. The van der Waals surface area contributed by atoms with Crippen LogP contribution in [0.1, 0.15) is 25.5 Å². The number of nitrogens with zero attached hydrogens (tertiary/aromatic N) is 3. The first-order valence-corrected chi connectivity index (χ1v) is 7.11. The summed E-state index contributed by atoms with van der Waals surface area (Å²) < 4.78 is 7.15. The molecular weight excluding hydrogens is 254 g/mol. The van der Waals surface area contributed by atoms with E-state index in [0.717, 1.165) is 30.7 Å². The molecule has 0 radical (unpaired) electrons. The second-order valence-electron chi connectivity index (χ2n) is 5.08. The highest BCUT2D eigenvalue weighted by molar-refractivity contribution is 5.76. The van der Waals surface area contributed by atoms with Gasteiger partial charge < -0.3 is 9.14 Å². The number of esters is 1. The molecule has 1 aliphatic heterocycles. The van der Waals surface area contributed by atoms with Crippen molar-refractivity contribution in [3.05, 3.63) is 36.3 Å². The number of likely N-dealkylation sites (tertiary alicyclic amines) is 1. The number of ether oxygens (including phenoxy) is 1. The third-order valence-electron chi connectivity index (χ3n) is 3.70. The Morgan fingerprint density at radius 2 is 2.40 bits per heavy atom. The van der Waals surface area contributed by atoms with Crippen molar-refractivity contribution in [3.8, 4) is 0 Å². The van der Waals surface area contributed by atoms with Crippen LogP contribution in [-0.2, 0) is 16.1 Å². The molecule has 0 bridgehead atoms. The van der Waals surface area contributed by atoms with E-state index in [0.29, 0.717) is 13.2 Å². The van der Waals surface area contributed by atoms with Crippen LogP contribution in [0.25, 0.3) is 5.65 Å². The molecule has 0 aromatic carbocycles. The van der Waals surface area contributed by atoms with Crippen molar-refractivity contribution in [2.45, 2.75) is 32.4 Å². The fourth-order valence-electron chi connectivity index (χ4n) is 2.79. The molecule has 3 heterocycles. The standard InChI is InChI=1S/C15H19N3O2/c1-2-20-15(19)13-6-5-9-17(13)10-12-11-18-8-4-3-7-14(18)16-12/h3-4,7-8,11,13H,2,5-6,9-10H2,1H3. The van der Waals surface area contributed by atoms with E-state index in [4.69, 9.17) is 4.74 Å². The summed E-state index contributed by atoms with van der Waals surface area (Å²) in [6, 6.07) is 5.83.